The van der Waals surface area contributed by atoms with Gasteiger partial charge in [-0.15, -0.1) is 13.2 Å². The lowest BCUT2D eigenvalue weighted by Crippen LogP contribution is -2.49. The van der Waals surface area contributed by atoms with E-state index in [1.54, 1.807) is 16.7 Å². The molecule has 0 amide bonds. The second-order valence-corrected chi connectivity index (χ2v) is 10.7. The van der Waals surface area contributed by atoms with E-state index in [0.29, 0.717) is 23.4 Å². The van der Waals surface area contributed by atoms with Crippen molar-refractivity contribution in [3.63, 3.8) is 0 Å². The number of fused-ring (bicyclic) bond motifs is 4. The topological polar surface area (TPSA) is 68.6 Å². The van der Waals surface area contributed by atoms with E-state index >= 15 is 0 Å². The lowest BCUT2D eigenvalue weighted by Gasteiger charge is -2.42. The van der Waals surface area contributed by atoms with Crippen LogP contribution in [0.15, 0.2) is 70.4 Å². The van der Waals surface area contributed by atoms with Crippen molar-refractivity contribution in [1.29, 1.82) is 0 Å². The van der Waals surface area contributed by atoms with Gasteiger partial charge in [-0.05, 0) is 66.4 Å². The Hall–Kier alpha value is -3.18. The molecule has 35 heavy (non-hydrogen) atoms. The van der Waals surface area contributed by atoms with Crippen LogP contribution in [0.2, 0.25) is 0 Å². The molecule has 3 heterocycles. The number of sulfonamides is 1. The second-order valence-electron chi connectivity index (χ2n) is 8.73. The smallest absolute Gasteiger partial charge is 0.406 e. The molecule has 1 aromatic heterocycles. The number of alkyl halides is 3. The third kappa shape index (κ3) is 4.57. The Morgan fingerprint density at radius 3 is 2.23 bits per heavy atom. The summed E-state index contributed by atoms with van der Waals surface area (Å²) in [4.78, 5) is 13.3. The maximum atomic E-state index is 13.3. The van der Waals surface area contributed by atoms with Gasteiger partial charge in [-0.3, -0.25) is 4.79 Å². The largest absolute Gasteiger partial charge is 0.573 e. The summed E-state index contributed by atoms with van der Waals surface area (Å²) in [6.45, 7) is 0.748. The Morgan fingerprint density at radius 2 is 1.57 bits per heavy atom. The van der Waals surface area contributed by atoms with Crippen LogP contribution in [-0.4, -0.2) is 36.7 Å². The van der Waals surface area contributed by atoms with E-state index in [4.69, 9.17) is 0 Å². The lowest BCUT2D eigenvalue weighted by molar-refractivity contribution is -0.274. The highest BCUT2D eigenvalue weighted by Crippen LogP contribution is 2.38. The summed E-state index contributed by atoms with van der Waals surface area (Å²) in [6, 6.07) is 13.2. The van der Waals surface area contributed by atoms with Crippen molar-refractivity contribution in [2.45, 2.75) is 30.1 Å². The number of aromatic nitrogens is 1. The van der Waals surface area contributed by atoms with Crippen molar-refractivity contribution in [3.05, 3.63) is 82.5 Å². The van der Waals surface area contributed by atoms with Crippen LogP contribution in [0.5, 0.6) is 5.75 Å². The number of halogens is 4. The second kappa shape index (κ2) is 8.49. The maximum Gasteiger partial charge on any atom is 0.573 e. The first-order valence-corrected chi connectivity index (χ1v) is 12.3. The van der Waals surface area contributed by atoms with Gasteiger partial charge < -0.3 is 9.30 Å². The normalized spacial score (nSPS) is 20.3. The highest BCUT2D eigenvalue weighted by molar-refractivity contribution is 7.89. The summed E-state index contributed by atoms with van der Waals surface area (Å²) >= 11 is 0. The third-order valence-corrected chi connectivity index (χ3v) is 8.27. The molecular weight excluding hydrogens is 488 g/mol. The predicted molar refractivity (Wildman–Crippen MR) is 119 cm³/mol. The van der Waals surface area contributed by atoms with Gasteiger partial charge in [-0.25, -0.2) is 12.8 Å². The number of benzene rings is 2. The van der Waals surface area contributed by atoms with Gasteiger partial charge >= 0.3 is 6.36 Å². The molecule has 0 spiro atoms. The summed E-state index contributed by atoms with van der Waals surface area (Å²) in [6.07, 6.45) is -4.07. The molecule has 0 saturated carbocycles. The average Bonchev–Trinajstić information content (AvgIpc) is 2.80. The van der Waals surface area contributed by atoms with Gasteiger partial charge in [0.2, 0.25) is 10.0 Å². The van der Waals surface area contributed by atoms with Crippen LogP contribution < -0.4 is 10.3 Å². The van der Waals surface area contributed by atoms with Gasteiger partial charge in [-0.1, -0.05) is 12.1 Å². The summed E-state index contributed by atoms with van der Waals surface area (Å²) in [5.41, 5.74) is 1.22. The highest BCUT2D eigenvalue weighted by Gasteiger charge is 2.40. The van der Waals surface area contributed by atoms with Crippen molar-refractivity contribution in [2.24, 2.45) is 5.92 Å². The van der Waals surface area contributed by atoms with Gasteiger partial charge in [0.1, 0.15) is 11.6 Å². The maximum absolute atomic E-state index is 13.3. The molecule has 2 atom stereocenters. The van der Waals surface area contributed by atoms with Crippen LogP contribution in [0.4, 0.5) is 17.6 Å². The minimum Gasteiger partial charge on any atom is -0.406 e. The zero-order valence-corrected chi connectivity index (χ0v) is 19.0. The summed E-state index contributed by atoms with van der Waals surface area (Å²) in [5, 5.41) is 0. The van der Waals surface area contributed by atoms with E-state index in [9.17, 15) is 30.8 Å². The zero-order valence-electron chi connectivity index (χ0n) is 18.2. The Bertz CT molecular complexity index is 1420. The molecule has 0 aliphatic carbocycles. The van der Waals surface area contributed by atoms with Gasteiger partial charge in [-0.2, -0.15) is 4.31 Å². The van der Waals surface area contributed by atoms with Crippen LogP contribution in [0.25, 0.3) is 11.1 Å². The first-order chi connectivity index (χ1) is 16.5. The monoisotopic (exact) mass is 508 g/mol. The number of rotatable bonds is 4. The molecule has 2 aliphatic heterocycles. The van der Waals surface area contributed by atoms with Crippen molar-refractivity contribution in [3.8, 4) is 16.9 Å². The Balaban J connectivity index is 1.42. The standard InChI is InChI=1S/C24H20F4N2O4S/c25-18-3-7-20(8-4-18)35(32,33)29-12-15-11-17(14-29)22-10-9-21(23(31)30(22)13-15)16-1-5-19(6-2-16)34-24(26,27)28/h1-10,15,17H,11-14H2/t15-,17-/m1/s1. The Kier molecular flexibility index (Phi) is 5.71. The van der Waals surface area contributed by atoms with Gasteiger partial charge in [0, 0.05) is 36.8 Å². The predicted octanol–water partition coefficient (Wildman–Crippen LogP) is 4.36. The van der Waals surface area contributed by atoms with E-state index in [0.717, 1.165) is 30.7 Å². The van der Waals surface area contributed by atoms with Crippen molar-refractivity contribution in [1.82, 2.24) is 8.87 Å². The molecule has 184 valence electrons. The van der Waals surface area contributed by atoms with Crippen LogP contribution in [0.3, 0.4) is 0 Å². The van der Waals surface area contributed by atoms with Crippen molar-refractivity contribution < 1.29 is 30.7 Å². The van der Waals surface area contributed by atoms with E-state index < -0.39 is 22.2 Å². The molecule has 1 fully saturated rings. The lowest BCUT2D eigenvalue weighted by atomic mass is 9.84. The van der Waals surface area contributed by atoms with Crippen molar-refractivity contribution >= 4 is 10.0 Å². The first-order valence-electron chi connectivity index (χ1n) is 10.9. The van der Waals surface area contributed by atoms with Gasteiger partial charge in [0.15, 0.2) is 0 Å². The molecular formula is C24H20F4N2O4S. The van der Waals surface area contributed by atoms with Crippen LogP contribution >= 0.6 is 0 Å². The number of nitrogens with zero attached hydrogens (tertiary/aromatic N) is 2. The van der Waals surface area contributed by atoms with Gasteiger partial charge in [0.25, 0.3) is 5.56 Å². The molecule has 2 bridgehead atoms. The first kappa shape index (κ1) is 23.6. The zero-order chi connectivity index (χ0) is 25.0. The molecule has 6 nitrogen and oxygen atoms in total. The minimum absolute atomic E-state index is 0.0181. The Labute approximate surface area is 198 Å². The number of ether oxygens (including phenoxy) is 1. The van der Waals surface area contributed by atoms with E-state index in [-0.39, 0.29) is 41.1 Å². The molecule has 2 aliphatic rings. The molecule has 0 N–H and O–H groups in total. The molecule has 11 heteroatoms. The summed E-state index contributed by atoms with van der Waals surface area (Å²) in [5.74, 6) is -1.18. The van der Waals surface area contributed by atoms with Crippen LogP contribution in [0.1, 0.15) is 18.0 Å². The fourth-order valence-corrected chi connectivity index (χ4v) is 6.47. The SMILES string of the molecule is O=c1c(-c2ccc(OC(F)(F)F)cc2)ccc2n1C[C@@H]1C[C@@H]2CN(S(=O)(=O)c2ccc(F)cc2)C1. The number of piperidine rings is 1. The molecule has 5 rings (SSSR count). The molecule has 2 aromatic carbocycles. The number of pyridine rings is 1. The van der Waals surface area contributed by atoms with E-state index in [1.165, 1.54) is 28.6 Å². The van der Waals surface area contributed by atoms with Crippen molar-refractivity contribution in [2.75, 3.05) is 13.1 Å². The fraction of sp³-hybridized carbons (Fsp3) is 0.292. The highest BCUT2D eigenvalue weighted by atomic mass is 32.2. The van der Waals surface area contributed by atoms with Crippen LogP contribution in [-0.2, 0) is 16.6 Å². The summed E-state index contributed by atoms with van der Waals surface area (Å²) in [7, 11) is -3.81. The summed E-state index contributed by atoms with van der Waals surface area (Å²) < 4.78 is 83.6. The molecule has 1 saturated heterocycles. The van der Waals surface area contributed by atoms with E-state index in [2.05, 4.69) is 4.74 Å². The fourth-order valence-electron chi connectivity index (χ4n) is 4.91. The van der Waals surface area contributed by atoms with Crippen LogP contribution in [0, 0.1) is 11.7 Å². The molecule has 0 unspecified atom stereocenters. The number of hydrogen-bond acceptors (Lipinski definition) is 4. The van der Waals surface area contributed by atoms with E-state index in [1.807, 2.05) is 0 Å². The quantitative estimate of drug-likeness (QED) is 0.491. The number of hydrogen-bond donors (Lipinski definition) is 0. The Morgan fingerprint density at radius 1 is 0.886 bits per heavy atom. The minimum atomic E-state index is -4.80. The molecule has 0 radical (unpaired) electrons. The average molecular weight is 508 g/mol. The third-order valence-electron chi connectivity index (χ3n) is 6.42. The van der Waals surface area contributed by atoms with Gasteiger partial charge in [0.05, 0.1) is 4.90 Å². The molecule has 3 aromatic rings.